The van der Waals surface area contributed by atoms with Crippen LogP contribution in [0.3, 0.4) is 0 Å². The van der Waals surface area contributed by atoms with Crippen LogP contribution in [0.15, 0.2) is 29.6 Å². The normalized spacial score (nSPS) is 14.5. The van der Waals surface area contributed by atoms with E-state index < -0.39 is 0 Å². The van der Waals surface area contributed by atoms with E-state index in [1.807, 2.05) is 0 Å². The summed E-state index contributed by atoms with van der Waals surface area (Å²) in [6.45, 7) is 2.37. The molecule has 0 aliphatic carbocycles. The van der Waals surface area contributed by atoms with Gasteiger partial charge in [-0.2, -0.15) is 0 Å². The van der Waals surface area contributed by atoms with E-state index >= 15 is 0 Å². The number of thiophene rings is 1. The molecule has 94 valence electrons. The lowest BCUT2D eigenvalue weighted by atomic mass is 10.1. The standard InChI is InChI=1S/C14H15NO2S/c1-16-12-8-10(13-3-2-6-18-13)7-11-9-15-4-5-17-14(11)12/h2-3,6-8,15H,4-5,9H2,1H3. The lowest BCUT2D eigenvalue weighted by Gasteiger charge is -2.13. The lowest BCUT2D eigenvalue weighted by molar-refractivity contribution is 0.302. The van der Waals surface area contributed by atoms with E-state index in [0.29, 0.717) is 6.61 Å². The number of hydrogen-bond acceptors (Lipinski definition) is 4. The number of nitrogens with one attached hydrogen (secondary N) is 1. The van der Waals surface area contributed by atoms with Gasteiger partial charge in [0.1, 0.15) is 6.61 Å². The van der Waals surface area contributed by atoms with Gasteiger partial charge >= 0.3 is 0 Å². The summed E-state index contributed by atoms with van der Waals surface area (Å²) >= 11 is 1.73. The molecule has 2 aromatic rings. The van der Waals surface area contributed by atoms with Crippen molar-refractivity contribution < 1.29 is 9.47 Å². The van der Waals surface area contributed by atoms with Crippen molar-refractivity contribution in [3.63, 3.8) is 0 Å². The summed E-state index contributed by atoms with van der Waals surface area (Å²) in [6, 6.07) is 8.42. The van der Waals surface area contributed by atoms with Crippen molar-refractivity contribution in [1.82, 2.24) is 5.32 Å². The van der Waals surface area contributed by atoms with Crippen molar-refractivity contribution in [3.8, 4) is 21.9 Å². The maximum absolute atomic E-state index is 5.76. The number of ether oxygens (including phenoxy) is 2. The molecule has 0 atom stereocenters. The molecule has 0 saturated carbocycles. The molecule has 0 amide bonds. The fourth-order valence-electron chi connectivity index (χ4n) is 2.14. The van der Waals surface area contributed by atoms with Gasteiger partial charge in [-0.3, -0.25) is 0 Å². The first kappa shape index (κ1) is 11.6. The molecule has 0 saturated heterocycles. The Kier molecular flexibility index (Phi) is 3.21. The largest absolute Gasteiger partial charge is 0.493 e. The Bertz CT molecular complexity index is 537. The smallest absolute Gasteiger partial charge is 0.165 e. The number of rotatable bonds is 2. The Hall–Kier alpha value is -1.52. The molecule has 3 rings (SSSR count). The molecular weight excluding hydrogens is 246 g/mol. The number of fused-ring (bicyclic) bond motifs is 1. The van der Waals surface area contributed by atoms with Gasteiger partial charge in [-0.25, -0.2) is 0 Å². The lowest BCUT2D eigenvalue weighted by Crippen LogP contribution is -2.16. The van der Waals surface area contributed by atoms with Gasteiger partial charge in [-0.15, -0.1) is 11.3 Å². The van der Waals surface area contributed by atoms with Gasteiger partial charge in [0.05, 0.1) is 7.11 Å². The molecule has 0 bridgehead atoms. The van der Waals surface area contributed by atoms with Crippen LogP contribution < -0.4 is 14.8 Å². The average molecular weight is 261 g/mol. The summed E-state index contributed by atoms with van der Waals surface area (Å²) in [5.41, 5.74) is 2.35. The van der Waals surface area contributed by atoms with Crippen molar-refractivity contribution in [3.05, 3.63) is 35.2 Å². The van der Waals surface area contributed by atoms with Crippen LogP contribution in [-0.4, -0.2) is 20.3 Å². The maximum atomic E-state index is 5.76. The SMILES string of the molecule is COc1cc(-c2cccs2)cc2c1OCCNC2. The molecular formula is C14H15NO2S. The van der Waals surface area contributed by atoms with Crippen LogP contribution in [0.25, 0.3) is 10.4 Å². The molecule has 0 radical (unpaired) electrons. The van der Waals surface area contributed by atoms with Crippen LogP contribution >= 0.6 is 11.3 Å². The van der Waals surface area contributed by atoms with Crippen molar-refractivity contribution in [1.29, 1.82) is 0 Å². The summed E-state index contributed by atoms with van der Waals surface area (Å²) in [4.78, 5) is 1.25. The Labute approximate surface area is 110 Å². The maximum Gasteiger partial charge on any atom is 0.165 e. The van der Waals surface area contributed by atoms with E-state index in [-0.39, 0.29) is 0 Å². The van der Waals surface area contributed by atoms with E-state index in [9.17, 15) is 0 Å². The third-order valence-electron chi connectivity index (χ3n) is 3.00. The molecule has 4 heteroatoms. The summed E-state index contributed by atoms with van der Waals surface area (Å²) in [7, 11) is 1.69. The minimum atomic E-state index is 0.682. The first-order valence-corrected chi connectivity index (χ1v) is 6.85. The fourth-order valence-corrected chi connectivity index (χ4v) is 2.85. The van der Waals surface area contributed by atoms with Gasteiger partial charge in [0.25, 0.3) is 0 Å². The van der Waals surface area contributed by atoms with Crippen molar-refractivity contribution >= 4 is 11.3 Å². The van der Waals surface area contributed by atoms with Crippen molar-refractivity contribution in [2.24, 2.45) is 0 Å². The molecule has 1 N–H and O–H groups in total. The predicted molar refractivity (Wildman–Crippen MR) is 73.5 cm³/mol. The third kappa shape index (κ3) is 2.09. The summed E-state index contributed by atoms with van der Waals surface area (Å²) < 4.78 is 11.2. The molecule has 0 unspecified atom stereocenters. The van der Waals surface area contributed by atoms with Gasteiger partial charge in [-0.05, 0) is 29.1 Å². The van der Waals surface area contributed by atoms with Crippen LogP contribution in [0.4, 0.5) is 0 Å². The van der Waals surface area contributed by atoms with Gasteiger partial charge in [0.15, 0.2) is 11.5 Å². The zero-order valence-electron chi connectivity index (χ0n) is 10.2. The van der Waals surface area contributed by atoms with E-state index in [1.54, 1.807) is 18.4 Å². The second-order valence-corrected chi connectivity index (χ2v) is 5.12. The number of hydrogen-bond donors (Lipinski definition) is 1. The van der Waals surface area contributed by atoms with Gasteiger partial charge < -0.3 is 14.8 Å². The van der Waals surface area contributed by atoms with Crippen LogP contribution in [0.2, 0.25) is 0 Å². The topological polar surface area (TPSA) is 30.5 Å². The summed E-state index contributed by atoms with van der Waals surface area (Å²) in [6.07, 6.45) is 0. The highest BCUT2D eigenvalue weighted by atomic mass is 32.1. The minimum absolute atomic E-state index is 0.682. The Morgan fingerprint density at radius 2 is 2.33 bits per heavy atom. The van der Waals surface area contributed by atoms with Gasteiger partial charge in [-0.1, -0.05) is 6.07 Å². The van der Waals surface area contributed by atoms with Crippen molar-refractivity contribution in [2.75, 3.05) is 20.3 Å². The first-order chi connectivity index (χ1) is 8.88. The molecule has 18 heavy (non-hydrogen) atoms. The molecule has 0 fully saturated rings. The van der Waals surface area contributed by atoms with E-state index in [1.165, 1.54) is 10.4 Å². The molecule has 2 heterocycles. The summed E-state index contributed by atoms with van der Waals surface area (Å²) in [5.74, 6) is 1.70. The highest BCUT2D eigenvalue weighted by molar-refractivity contribution is 7.13. The average Bonchev–Trinajstić information content (AvgIpc) is 2.83. The Morgan fingerprint density at radius 1 is 1.39 bits per heavy atom. The molecule has 1 aromatic heterocycles. The molecule has 1 aromatic carbocycles. The molecule has 3 nitrogen and oxygen atoms in total. The monoisotopic (exact) mass is 261 g/mol. The Morgan fingerprint density at radius 3 is 3.11 bits per heavy atom. The predicted octanol–water partition coefficient (Wildman–Crippen LogP) is 2.91. The fraction of sp³-hybridized carbons (Fsp3) is 0.286. The highest BCUT2D eigenvalue weighted by Gasteiger charge is 2.16. The van der Waals surface area contributed by atoms with Crippen LogP contribution in [0.5, 0.6) is 11.5 Å². The number of methoxy groups -OCH3 is 1. The first-order valence-electron chi connectivity index (χ1n) is 5.97. The summed E-state index contributed by atoms with van der Waals surface area (Å²) in [5, 5.41) is 5.44. The van der Waals surface area contributed by atoms with E-state index in [0.717, 1.165) is 30.2 Å². The minimum Gasteiger partial charge on any atom is -0.493 e. The van der Waals surface area contributed by atoms with E-state index in [4.69, 9.17) is 9.47 Å². The highest BCUT2D eigenvalue weighted by Crippen LogP contribution is 2.38. The zero-order chi connectivity index (χ0) is 12.4. The molecule has 0 spiro atoms. The van der Waals surface area contributed by atoms with Gasteiger partial charge in [0.2, 0.25) is 0 Å². The number of benzene rings is 1. The molecule has 1 aliphatic rings. The third-order valence-corrected chi connectivity index (χ3v) is 3.92. The quantitative estimate of drug-likeness (QED) is 0.901. The second kappa shape index (κ2) is 5.00. The van der Waals surface area contributed by atoms with Crippen molar-refractivity contribution in [2.45, 2.75) is 6.54 Å². The Balaban J connectivity index is 2.10. The van der Waals surface area contributed by atoms with Crippen LogP contribution in [0.1, 0.15) is 5.56 Å². The zero-order valence-corrected chi connectivity index (χ0v) is 11.0. The van der Waals surface area contributed by atoms with Gasteiger partial charge in [0, 0.05) is 23.5 Å². The molecule has 1 aliphatic heterocycles. The van der Waals surface area contributed by atoms with Crippen LogP contribution in [-0.2, 0) is 6.54 Å². The van der Waals surface area contributed by atoms with E-state index in [2.05, 4.69) is 35.0 Å². The van der Waals surface area contributed by atoms with Crippen LogP contribution in [0, 0.1) is 0 Å². The second-order valence-electron chi connectivity index (χ2n) is 4.17.